The SMILES string of the molecule is CCCN(CC1CCN(C(=O)N2CCOCC2)CC1)C(C)Cc1cccc(NC(=O)c2ccc(S(C)(=O)=O)cc2)c1. The number of anilines is 1. The first-order valence-corrected chi connectivity index (χ1v) is 16.6. The number of rotatable bonds is 10. The van der Waals surface area contributed by atoms with E-state index >= 15 is 0 Å². The summed E-state index contributed by atoms with van der Waals surface area (Å²) in [6, 6.07) is 14.4. The maximum absolute atomic E-state index is 12.9. The molecule has 2 fully saturated rings. The van der Waals surface area contributed by atoms with Crippen LogP contribution in [0.25, 0.3) is 0 Å². The Bertz CT molecular complexity index is 1270. The summed E-state index contributed by atoms with van der Waals surface area (Å²) in [6.45, 7) is 10.8. The van der Waals surface area contributed by atoms with E-state index in [0.717, 1.165) is 63.7 Å². The molecule has 0 spiro atoms. The zero-order valence-electron chi connectivity index (χ0n) is 24.5. The number of ether oxygens (including phenoxy) is 1. The van der Waals surface area contributed by atoms with Gasteiger partial charge in [0.05, 0.1) is 18.1 Å². The molecule has 224 valence electrons. The highest BCUT2D eigenvalue weighted by Gasteiger charge is 2.29. The molecular formula is C31H44N4O5S. The van der Waals surface area contributed by atoms with Gasteiger partial charge in [-0.1, -0.05) is 19.1 Å². The second-order valence-electron chi connectivity index (χ2n) is 11.3. The minimum atomic E-state index is -3.31. The Balaban J connectivity index is 1.30. The Morgan fingerprint density at radius 2 is 1.68 bits per heavy atom. The Kier molecular flexibility index (Phi) is 10.8. The lowest BCUT2D eigenvalue weighted by atomic mass is 9.95. The highest BCUT2D eigenvalue weighted by atomic mass is 32.2. The van der Waals surface area contributed by atoms with Crippen LogP contribution in [0.5, 0.6) is 0 Å². The molecule has 9 nitrogen and oxygen atoms in total. The number of hydrogen-bond acceptors (Lipinski definition) is 6. The molecule has 0 radical (unpaired) electrons. The van der Waals surface area contributed by atoms with Crippen molar-refractivity contribution in [2.75, 3.05) is 64.1 Å². The zero-order chi connectivity index (χ0) is 29.4. The molecular weight excluding hydrogens is 540 g/mol. The van der Waals surface area contributed by atoms with Crippen molar-refractivity contribution in [3.8, 4) is 0 Å². The quantitative estimate of drug-likeness (QED) is 0.451. The van der Waals surface area contributed by atoms with E-state index in [0.29, 0.717) is 49.5 Å². The van der Waals surface area contributed by atoms with Crippen molar-refractivity contribution in [3.05, 3.63) is 59.7 Å². The monoisotopic (exact) mass is 584 g/mol. The average molecular weight is 585 g/mol. The number of benzene rings is 2. The largest absolute Gasteiger partial charge is 0.378 e. The van der Waals surface area contributed by atoms with Gasteiger partial charge in [0, 0.05) is 56.3 Å². The summed E-state index contributed by atoms with van der Waals surface area (Å²) in [4.78, 5) is 32.3. The number of amides is 3. The van der Waals surface area contributed by atoms with Gasteiger partial charge in [0.1, 0.15) is 0 Å². The first-order valence-electron chi connectivity index (χ1n) is 14.7. The highest BCUT2D eigenvalue weighted by molar-refractivity contribution is 7.90. The zero-order valence-corrected chi connectivity index (χ0v) is 25.4. The lowest BCUT2D eigenvalue weighted by Gasteiger charge is -2.39. The number of sulfone groups is 1. The van der Waals surface area contributed by atoms with Gasteiger partial charge in [0.25, 0.3) is 5.91 Å². The maximum Gasteiger partial charge on any atom is 0.320 e. The fourth-order valence-corrected chi connectivity index (χ4v) is 6.31. The van der Waals surface area contributed by atoms with Crippen LogP contribution in [0.4, 0.5) is 10.5 Å². The van der Waals surface area contributed by atoms with Crippen molar-refractivity contribution in [3.63, 3.8) is 0 Å². The molecule has 0 aliphatic carbocycles. The van der Waals surface area contributed by atoms with Crippen molar-refractivity contribution < 1.29 is 22.7 Å². The van der Waals surface area contributed by atoms with E-state index in [1.54, 1.807) is 0 Å². The molecule has 2 heterocycles. The molecule has 2 aromatic rings. The minimum Gasteiger partial charge on any atom is -0.378 e. The van der Waals surface area contributed by atoms with Crippen LogP contribution < -0.4 is 5.32 Å². The molecule has 2 aromatic carbocycles. The lowest BCUT2D eigenvalue weighted by molar-refractivity contribution is 0.0386. The van der Waals surface area contributed by atoms with Gasteiger partial charge in [-0.15, -0.1) is 0 Å². The van der Waals surface area contributed by atoms with E-state index in [-0.39, 0.29) is 16.8 Å². The number of morpholine rings is 1. The van der Waals surface area contributed by atoms with Crippen LogP contribution in [0.15, 0.2) is 53.4 Å². The van der Waals surface area contributed by atoms with Gasteiger partial charge in [-0.3, -0.25) is 4.79 Å². The Labute approximate surface area is 244 Å². The number of nitrogens with one attached hydrogen (secondary N) is 1. The number of hydrogen-bond donors (Lipinski definition) is 1. The number of urea groups is 1. The molecule has 0 bridgehead atoms. The van der Waals surface area contributed by atoms with Crippen LogP contribution in [0.2, 0.25) is 0 Å². The number of likely N-dealkylation sites (tertiary alicyclic amines) is 1. The summed E-state index contributed by atoms with van der Waals surface area (Å²) in [5.41, 5.74) is 2.27. The van der Waals surface area contributed by atoms with Crippen LogP contribution in [-0.2, 0) is 21.0 Å². The molecule has 1 unspecified atom stereocenters. The normalized spacial score (nSPS) is 17.5. The number of nitrogens with zero attached hydrogens (tertiary/aromatic N) is 3. The summed E-state index contributed by atoms with van der Waals surface area (Å²) < 4.78 is 28.8. The van der Waals surface area contributed by atoms with E-state index in [9.17, 15) is 18.0 Å². The number of piperidine rings is 1. The Hall–Kier alpha value is -2.95. The minimum absolute atomic E-state index is 0.156. The molecule has 0 saturated carbocycles. The van der Waals surface area contributed by atoms with E-state index < -0.39 is 9.84 Å². The summed E-state index contributed by atoms with van der Waals surface area (Å²) in [6.07, 6.45) is 5.13. The van der Waals surface area contributed by atoms with E-state index in [1.165, 1.54) is 24.3 Å². The van der Waals surface area contributed by atoms with Gasteiger partial charge in [-0.25, -0.2) is 13.2 Å². The summed E-state index contributed by atoms with van der Waals surface area (Å²) in [5, 5.41) is 2.94. The number of carbonyl (C=O) groups excluding carboxylic acids is 2. The van der Waals surface area contributed by atoms with E-state index in [2.05, 4.69) is 30.1 Å². The van der Waals surface area contributed by atoms with Crippen LogP contribution >= 0.6 is 0 Å². The summed E-state index contributed by atoms with van der Waals surface area (Å²) in [5.74, 6) is 0.291. The first-order chi connectivity index (χ1) is 19.6. The topological polar surface area (TPSA) is 99.3 Å². The molecule has 2 aliphatic heterocycles. The van der Waals surface area contributed by atoms with Crippen molar-refractivity contribution >= 4 is 27.5 Å². The maximum atomic E-state index is 12.9. The third-order valence-corrected chi connectivity index (χ3v) is 9.18. The van der Waals surface area contributed by atoms with Crippen molar-refractivity contribution in [1.82, 2.24) is 14.7 Å². The third-order valence-electron chi connectivity index (χ3n) is 8.05. The number of carbonyl (C=O) groups is 2. The van der Waals surface area contributed by atoms with E-state index in [1.807, 2.05) is 28.0 Å². The van der Waals surface area contributed by atoms with Crippen molar-refractivity contribution in [1.29, 1.82) is 0 Å². The molecule has 4 rings (SSSR count). The fraction of sp³-hybridized carbons (Fsp3) is 0.548. The van der Waals surface area contributed by atoms with Crippen LogP contribution in [0.3, 0.4) is 0 Å². The predicted octanol–water partition coefficient (Wildman–Crippen LogP) is 4.15. The van der Waals surface area contributed by atoms with Crippen LogP contribution in [0.1, 0.15) is 49.0 Å². The molecule has 41 heavy (non-hydrogen) atoms. The Morgan fingerprint density at radius 1 is 1.02 bits per heavy atom. The molecule has 3 amide bonds. The second-order valence-corrected chi connectivity index (χ2v) is 13.3. The molecule has 2 saturated heterocycles. The average Bonchev–Trinajstić information content (AvgIpc) is 2.97. The molecule has 0 aromatic heterocycles. The first kappa shape index (κ1) is 31.0. The van der Waals surface area contributed by atoms with Crippen molar-refractivity contribution in [2.45, 2.75) is 50.5 Å². The van der Waals surface area contributed by atoms with Gasteiger partial charge >= 0.3 is 6.03 Å². The van der Waals surface area contributed by atoms with Gasteiger partial charge in [-0.05, 0) is 87.0 Å². The smallest absolute Gasteiger partial charge is 0.320 e. The van der Waals surface area contributed by atoms with E-state index in [4.69, 9.17) is 4.74 Å². The fourth-order valence-electron chi connectivity index (χ4n) is 5.67. The van der Waals surface area contributed by atoms with Crippen LogP contribution in [0, 0.1) is 5.92 Å². The summed E-state index contributed by atoms with van der Waals surface area (Å²) in [7, 11) is -3.31. The molecule has 1 atom stereocenters. The standard InChI is InChI=1S/C31H44N4O5S/c1-4-14-35(23-25-12-15-33(16-13-25)31(37)34-17-19-40-20-18-34)24(2)21-26-6-5-7-28(22-26)32-30(36)27-8-10-29(11-9-27)41(3,38)39/h5-11,22,24-25H,4,12-21,23H2,1-3H3,(H,32,36). The lowest BCUT2D eigenvalue weighted by Crippen LogP contribution is -2.51. The highest BCUT2D eigenvalue weighted by Crippen LogP contribution is 2.23. The van der Waals surface area contributed by atoms with Gasteiger partial charge in [0.2, 0.25) is 0 Å². The second kappa shape index (κ2) is 14.3. The van der Waals surface area contributed by atoms with Gasteiger partial charge < -0.3 is 24.8 Å². The van der Waals surface area contributed by atoms with Crippen LogP contribution in [-0.4, -0.2) is 99.8 Å². The van der Waals surface area contributed by atoms with Gasteiger partial charge in [-0.2, -0.15) is 0 Å². The molecule has 1 N–H and O–H groups in total. The molecule has 2 aliphatic rings. The molecule has 10 heteroatoms. The van der Waals surface area contributed by atoms with Gasteiger partial charge in [0.15, 0.2) is 9.84 Å². The summed E-state index contributed by atoms with van der Waals surface area (Å²) >= 11 is 0. The third kappa shape index (κ3) is 8.77. The van der Waals surface area contributed by atoms with Crippen molar-refractivity contribution in [2.24, 2.45) is 5.92 Å². The Morgan fingerprint density at radius 3 is 2.32 bits per heavy atom. The predicted molar refractivity (Wildman–Crippen MR) is 161 cm³/mol.